The predicted molar refractivity (Wildman–Crippen MR) is 123 cm³/mol. The Morgan fingerprint density at radius 3 is 2.48 bits per heavy atom. The second-order valence-electron chi connectivity index (χ2n) is 8.42. The van der Waals surface area contributed by atoms with E-state index in [0.717, 1.165) is 46.6 Å². The van der Waals surface area contributed by atoms with Crippen LogP contribution in [0, 0.1) is 19.8 Å². The molecule has 31 heavy (non-hydrogen) atoms. The number of anilines is 1. The van der Waals surface area contributed by atoms with Crippen LogP contribution in [0.5, 0.6) is 0 Å². The van der Waals surface area contributed by atoms with Crippen LogP contribution < -0.4 is 16.1 Å². The molecular weight excluding hydrogens is 414 g/mol. The lowest BCUT2D eigenvalue weighted by molar-refractivity contribution is 0.438. The van der Waals surface area contributed by atoms with Crippen LogP contribution in [0.25, 0.3) is 11.2 Å². The molecule has 1 aliphatic heterocycles. The van der Waals surface area contributed by atoms with Crippen LogP contribution in [0.15, 0.2) is 20.8 Å². The van der Waals surface area contributed by atoms with E-state index in [1.165, 1.54) is 18.0 Å². The Bertz CT molecular complexity index is 1220. The molecule has 10 heteroatoms. The van der Waals surface area contributed by atoms with Crippen LogP contribution >= 0.6 is 11.8 Å². The highest BCUT2D eigenvalue weighted by Crippen LogP contribution is 2.26. The highest BCUT2D eigenvalue weighted by molar-refractivity contribution is 7.99. The summed E-state index contributed by atoms with van der Waals surface area (Å²) in [5, 5.41) is 0.732. The van der Waals surface area contributed by atoms with E-state index in [-0.39, 0.29) is 11.2 Å². The average Bonchev–Trinajstić information content (AvgIpc) is 3.10. The molecule has 0 radical (unpaired) electrons. The molecule has 1 saturated heterocycles. The zero-order valence-electron chi connectivity index (χ0n) is 18.8. The van der Waals surface area contributed by atoms with Crippen molar-refractivity contribution in [3.63, 3.8) is 0 Å². The van der Waals surface area contributed by atoms with Gasteiger partial charge in [0, 0.05) is 50.9 Å². The first kappa shape index (κ1) is 21.6. The molecule has 1 atom stereocenters. The van der Waals surface area contributed by atoms with Crippen molar-refractivity contribution in [2.75, 3.05) is 23.7 Å². The first-order valence-electron chi connectivity index (χ1n) is 10.6. The smallest absolute Gasteiger partial charge is 0.332 e. The summed E-state index contributed by atoms with van der Waals surface area (Å²) in [6.45, 7) is 8.52. The Balaban J connectivity index is 1.74. The van der Waals surface area contributed by atoms with Gasteiger partial charge < -0.3 is 9.47 Å². The molecule has 0 spiro atoms. The lowest BCUT2D eigenvalue weighted by atomic mass is 10.0. The Morgan fingerprint density at radius 1 is 1.10 bits per heavy atom. The summed E-state index contributed by atoms with van der Waals surface area (Å²) in [5.41, 5.74) is 2.12. The van der Waals surface area contributed by atoms with Crippen molar-refractivity contribution < 1.29 is 0 Å². The van der Waals surface area contributed by atoms with E-state index >= 15 is 0 Å². The SMILES string of the molecule is Cc1cc(C)nc(SCCn2c(N3CCC[C@H](C)C3)nc3c2c(=O)n(C)c(=O)n3C)n1. The fourth-order valence-electron chi connectivity index (χ4n) is 4.25. The Morgan fingerprint density at radius 2 is 1.81 bits per heavy atom. The van der Waals surface area contributed by atoms with E-state index in [1.54, 1.807) is 18.8 Å². The number of fused-ring (bicyclic) bond motifs is 1. The van der Waals surface area contributed by atoms with Gasteiger partial charge in [-0.15, -0.1) is 0 Å². The molecule has 3 aromatic rings. The highest BCUT2D eigenvalue weighted by Gasteiger charge is 2.25. The zero-order chi connectivity index (χ0) is 22.3. The summed E-state index contributed by atoms with van der Waals surface area (Å²) in [6, 6.07) is 1.95. The Labute approximate surface area is 185 Å². The van der Waals surface area contributed by atoms with Crippen molar-refractivity contribution in [3.05, 3.63) is 38.3 Å². The lowest BCUT2D eigenvalue weighted by Crippen LogP contribution is -2.38. The molecule has 0 aliphatic carbocycles. The minimum atomic E-state index is -0.362. The zero-order valence-corrected chi connectivity index (χ0v) is 19.6. The number of piperidine rings is 1. The summed E-state index contributed by atoms with van der Waals surface area (Å²) in [7, 11) is 3.18. The normalized spacial score (nSPS) is 16.9. The molecule has 0 amide bonds. The van der Waals surface area contributed by atoms with Crippen molar-refractivity contribution in [1.82, 2.24) is 28.7 Å². The molecule has 0 aromatic carbocycles. The number of rotatable bonds is 5. The largest absolute Gasteiger partial charge is 0.342 e. The maximum Gasteiger partial charge on any atom is 0.332 e. The van der Waals surface area contributed by atoms with Crippen LogP contribution in [0.3, 0.4) is 0 Å². The molecule has 3 aromatic heterocycles. The van der Waals surface area contributed by atoms with E-state index in [1.807, 2.05) is 24.5 Å². The Kier molecular flexibility index (Phi) is 5.92. The summed E-state index contributed by atoms with van der Waals surface area (Å²) < 4.78 is 4.60. The van der Waals surface area contributed by atoms with E-state index in [9.17, 15) is 9.59 Å². The first-order chi connectivity index (χ1) is 14.8. The van der Waals surface area contributed by atoms with Gasteiger partial charge >= 0.3 is 5.69 Å². The molecule has 4 rings (SSSR count). The van der Waals surface area contributed by atoms with Crippen molar-refractivity contribution in [3.8, 4) is 0 Å². The second kappa shape index (κ2) is 8.49. The molecular formula is C21H29N7O2S. The van der Waals surface area contributed by atoms with E-state index in [2.05, 4.69) is 21.8 Å². The average molecular weight is 444 g/mol. The standard InChI is InChI=1S/C21H29N7O2S/c1-13-7-6-8-27(12-13)20-24-17-16(18(29)26(5)21(30)25(17)4)28(20)9-10-31-19-22-14(2)11-15(3)23-19/h11,13H,6-10,12H2,1-5H3/t13-/m0/s1. The quantitative estimate of drug-likeness (QED) is 0.439. The summed E-state index contributed by atoms with van der Waals surface area (Å²) >= 11 is 1.56. The van der Waals surface area contributed by atoms with Gasteiger partial charge in [0.05, 0.1) is 0 Å². The summed E-state index contributed by atoms with van der Waals surface area (Å²) in [5.74, 6) is 2.02. The van der Waals surface area contributed by atoms with Crippen LogP contribution in [0.4, 0.5) is 5.95 Å². The number of thioether (sulfide) groups is 1. The number of hydrogen-bond donors (Lipinski definition) is 0. The van der Waals surface area contributed by atoms with Gasteiger partial charge in [-0.2, -0.15) is 4.98 Å². The first-order valence-corrected chi connectivity index (χ1v) is 11.6. The fourth-order valence-corrected chi connectivity index (χ4v) is 5.12. The summed E-state index contributed by atoms with van der Waals surface area (Å²) in [4.78, 5) is 41.5. The number of hydrogen-bond acceptors (Lipinski definition) is 7. The van der Waals surface area contributed by atoms with E-state index < -0.39 is 0 Å². The third-order valence-corrected chi connectivity index (χ3v) is 6.60. The van der Waals surface area contributed by atoms with Crippen molar-refractivity contribution in [1.29, 1.82) is 0 Å². The third-order valence-electron chi connectivity index (χ3n) is 5.78. The van der Waals surface area contributed by atoms with Crippen molar-refractivity contribution >= 4 is 28.9 Å². The number of imidazole rings is 1. The van der Waals surface area contributed by atoms with Gasteiger partial charge in [0.2, 0.25) is 5.95 Å². The van der Waals surface area contributed by atoms with Gasteiger partial charge in [-0.3, -0.25) is 13.9 Å². The van der Waals surface area contributed by atoms with Crippen LogP contribution in [0.1, 0.15) is 31.2 Å². The molecule has 1 aliphatic rings. The molecule has 0 N–H and O–H groups in total. The molecule has 0 unspecified atom stereocenters. The van der Waals surface area contributed by atoms with Gasteiger partial charge in [0.1, 0.15) is 0 Å². The van der Waals surface area contributed by atoms with Crippen LogP contribution in [-0.2, 0) is 20.6 Å². The maximum absolute atomic E-state index is 13.0. The van der Waals surface area contributed by atoms with Crippen LogP contribution in [0.2, 0.25) is 0 Å². The molecule has 9 nitrogen and oxygen atoms in total. The van der Waals surface area contributed by atoms with Crippen LogP contribution in [-0.4, -0.2) is 47.5 Å². The van der Waals surface area contributed by atoms with Crippen molar-refractivity contribution in [2.45, 2.75) is 45.3 Å². The molecule has 0 bridgehead atoms. The Hall–Kier alpha value is -2.62. The lowest BCUT2D eigenvalue weighted by Gasteiger charge is -2.32. The molecule has 0 saturated carbocycles. The molecule has 1 fully saturated rings. The minimum absolute atomic E-state index is 0.311. The van der Waals surface area contributed by atoms with Gasteiger partial charge in [-0.25, -0.2) is 14.8 Å². The number of aromatic nitrogens is 6. The fraction of sp³-hybridized carbons (Fsp3) is 0.571. The predicted octanol–water partition coefficient (Wildman–Crippen LogP) is 1.87. The van der Waals surface area contributed by atoms with Gasteiger partial charge in [0.15, 0.2) is 16.3 Å². The highest BCUT2D eigenvalue weighted by atomic mass is 32.2. The maximum atomic E-state index is 13.0. The van der Waals surface area contributed by atoms with E-state index in [0.29, 0.717) is 29.4 Å². The number of aryl methyl sites for hydroxylation is 4. The topological polar surface area (TPSA) is 90.8 Å². The number of nitrogens with zero attached hydrogens (tertiary/aromatic N) is 7. The second-order valence-corrected chi connectivity index (χ2v) is 9.48. The van der Waals surface area contributed by atoms with Crippen molar-refractivity contribution in [2.24, 2.45) is 20.0 Å². The third kappa shape index (κ3) is 4.13. The minimum Gasteiger partial charge on any atom is -0.342 e. The van der Waals surface area contributed by atoms with Gasteiger partial charge in [-0.05, 0) is 38.7 Å². The van der Waals surface area contributed by atoms with Gasteiger partial charge in [-0.1, -0.05) is 18.7 Å². The molecule has 4 heterocycles. The monoisotopic (exact) mass is 443 g/mol. The van der Waals surface area contributed by atoms with E-state index in [4.69, 9.17) is 4.98 Å². The molecule has 166 valence electrons. The summed E-state index contributed by atoms with van der Waals surface area (Å²) in [6.07, 6.45) is 2.28. The van der Waals surface area contributed by atoms with Gasteiger partial charge in [0.25, 0.3) is 5.56 Å².